The highest BCUT2D eigenvalue weighted by molar-refractivity contribution is 6.12. The Balaban J connectivity index is 0.00000214. The maximum atomic E-state index is 12.8. The van der Waals surface area contributed by atoms with Crippen LogP contribution >= 0.6 is 0 Å². The lowest BCUT2D eigenvalue weighted by Gasteiger charge is -2.27. The third kappa shape index (κ3) is 48.8. The number of nitrogens with one attached hydrogen (secondary N) is 3. The van der Waals surface area contributed by atoms with Crippen LogP contribution in [0, 0.1) is 29.6 Å². The van der Waals surface area contributed by atoms with E-state index in [0.717, 1.165) is 126 Å². The van der Waals surface area contributed by atoms with Gasteiger partial charge in [0.2, 0.25) is 17.7 Å². The van der Waals surface area contributed by atoms with Gasteiger partial charge in [0.25, 0.3) is 11.8 Å². The second kappa shape index (κ2) is 50.7. The molecule has 0 aromatic carbocycles. The highest BCUT2D eigenvalue weighted by atomic mass is 16.6. The normalized spacial score (nSPS) is 13.9. The predicted octanol–water partition coefficient (Wildman–Crippen LogP) is 16.8. The molecule has 502 valence electrons. The predicted molar refractivity (Wildman–Crippen MR) is 356 cm³/mol. The SMILES string of the molecule is CC(C)CCCC(C)CCC(=O)NCCNC(=O)CCCN1C(=O)C=CC1=O.CCCCCC(C)CCCC(C)CCC(=O)NCCCCCCC(CCCCCCN(CCCC)C(=O)OC(C)(C)C)CCCCCN(CCC)C(=O)OC(C)(C)C. The van der Waals surface area contributed by atoms with Gasteiger partial charge in [0, 0.05) is 83.8 Å². The maximum Gasteiger partial charge on any atom is 0.410 e. The van der Waals surface area contributed by atoms with E-state index in [-0.39, 0.29) is 54.7 Å². The highest BCUT2D eigenvalue weighted by Crippen LogP contribution is 2.26. The summed E-state index contributed by atoms with van der Waals surface area (Å²) in [5, 5.41) is 8.74. The minimum Gasteiger partial charge on any atom is -0.444 e. The van der Waals surface area contributed by atoms with Gasteiger partial charge in [0.05, 0.1) is 0 Å². The van der Waals surface area contributed by atoms with E-state index in [1.54, 1.807) is 0 Å². The van der Waals surface area contributed by atoms with Crippen LogP contribution in [-0.2, 0) is 33.4 Å². The summed E-state index contributed by atoms with van der Waals surface area (Å²) in [6.45, 7) is 34.4. The van der Waals surface area contributed by atoms with Crippen molar-refractivity contribution >= 4 is 41.7 Å². The van der Waals surface area contributed by atoms with Crippen molar-refractivity contribution in [3.05, 3.63) is 12.2 Å². The average Bonchev–Trinajstić information content (AvgIpc) is 3.86. The van der Waals surface area contributed by atoms with Crippen molar-refractivity contribution in [1.29, 1.82) is 0 Å². The van der Waals surface area contributed by atoms with Crippen molar-refractivity contribution in [3.63, 3.8) is 0 Å². The minimum absolute atomic E-state index is 0.0171. The van der Waals surface area contributed by atoms with Crippen molar-refractivity contribution in [2.75, 3.05) is 52.4 Å². The molecule has 0 fully saturated rings. The number of imide groups is 1. The number of hydrogen-bond donors (Lipinski definition) is 3. The largest absolute Gasteiger partial charge is 0.444 e. The number of unbranched alkanes of at least 4 members (excludes halogenated alkanes) is 11. The van der Waals surface area contributed by atoms with Crippen LogP contribution in [0.15, 0.2) is 12.2 Å². The van der Waals surface area contributed by atoms with E-state index in [9.17, 15) is 33.6 Å². The monoisotopic (exact) mass is 1220 g/mol. The van der Waals surface area contributed by atoms with E-state index in [2.05, 4.69) is 71.3 Å². The second-order valence-corrected chi connectivity index (χ2v) is 27.9. The maximum absolute atomic E-state index is 12.8. The summed E-state index contributed by atoms with van der Waals surface area (Å²) in [6.07, 6.45) is 38.1. The fraction of sp³-hybridized carbons (Fsp3) is 0.873. The molecular formula is C71H134N6O9. The molecule has 0 radical (unpaired) electrons. The van der Waals surface area contributed by atoms with Crippen LogP contribution in [-0.4, -0.2) is 120 Å². The van der Waals surface area contributed by atoms with Crippen LogP contribution < -0.4 is 16.0 Å². The molecule has 7 amide bonds. The van der Waals surface area contributed by atoms with Crippen molar-refractivity contribution < 1.29 is 43.0 Å². The van der Waals surface area contributed by atoms with Crippen LogP contribution in [0.1, 0.15) is 309 Å². The van der Waals surface area contributed by atoms with E-state index < -0.39 is 11.2 Å². The van der Waals surface area contributed by atoms with Gasteiger partial charge in [-0.25, -0.2) is 9.59 Å². The smallest absolute Gasteiger partial charge is 0.410 e. The van der Waals surface area contributed by atoms with E-state index in [4.69, 9.17) is 9.47 Å². The number of ether oxygens (including phenoxy) is 2. The van der Waals surface area contributed by atoms with E-state index >= 15 is 0 Å². The molecule has 0 aromatic heterocycles. The van der Waals surface area contributed by atoms with Gasteiger partial charge in [-0.1, -0.05) is 197 Å². The molecule has 0 spiro atoms. The number of carbonyl (C=O) groups is 7. The molecular weight excluding hydrogens is 1080 g/mol. The van der Waals surface area contributed by atoms with Gasteiger partial charge >= 0.3 is 12.2 Å². The van der Waals surface area contributed by atoms with Crippen LogP contribution in [0.25, 0.3) is 0 Å². The molecule has 1 aliphatic heterocycles. The van der Waals surface area contributed by atoms with E-state index in [1.165, 1.54) is 128 Å². The summed E-state index contributed by atoms with van der Waals surface area (Å²) < 4.78 is 11.3. The zero-order valence-electron chi connectivity index (χ0n) is 58.0. The Hall–Kier alpha value is -4.17. The molecule has 0 aliphatic carbocycles. The number of nitrogens with zero attached hydrogens (tertiary/aromatic N) is 3. The summed E-state index contributed by atoms with van der Waals surface area (Å²) in [5.74, 6) is 2.89. The Labute approximate surface area is 527 Å². The molecule has 86 heavy (non-hydrogen) atoms. The van der Waals surface area contributed by atoms with Gasteiger partial charge in [-0.3, -0.25) is 28.9 Å². The van der Waals surface area contributed by atoms with Crippen molar-refractivity contribution in [2.24, 2.45) is 29.6 Å². The first-order chi connectivity index (χ1) is 40.8. The summed E-state index contributed by atoms with van der Waals surface area (Å²) in [6, 6.07) is 0. The lowest BCUT2D eigenvalue weighted by atomic mass is 9.89. The van der Waals surface area contributed by atoms with Crippen LogP contribution in [0.3, 0.4) is 0 Å². The fourth-order valence-electron chi connectivity index (χ4n) is 10.8. The highest BCUT2D eigenvalue weighted by Gasteiger charge is 2.25. The van der Waals surface area contributed by atoms with Crippen molar-refractivity contribution in [3.8, 4) is 0 Å². The Bertz CT molecular complexity index is 1810. The molecule has 1 rings (SSSR count). The Kier molecular flexibility index (Phi) is 48.2. The average molecular weight is 1220 g/mol. The molecule has 4 atom stereocenters. The molecule has 1 heterocycles. The lowest BCUT2D eigenvalue weighted by Crippen LogP contribution is -2.38. The van der Waals surface area contributed by atoms with Gasteiger partial charge in [-0.15, -0.1) is 0 Å². The molecule has 0 aromatic rings. The third-order valence-corrected chi connectivity index (χ3v) is 16.1. The van der Waals surface area contributed by atoms with Crippen LogP contribution in [0.5, 0.6) is 0 Å². The molecule has 0 saturated carbocycles. The van der Waals surface area contributed by atoms with Gasteiger partial charge < -0.3 is 35.2 Å². The summed E-state index contributed by atoms with van der Waals surface area (Å²) in [5.41, 5.74) is -0.940. The van der Waals surface area contributed by atoms with Crippen LogP contribution in [0.4, 0.5) is 9.59 Å². The van der Waals surface area contributed by atoms with Crippen molar-refractivity contribution in [1.82, 2.24) is 30.7 Å². The van der Waals surface area contributed by atoms with Gasteiger partial charge in [-0.05, 0) is 122 Å². The lowest BCUT2D eigenvalue weighted by molar-refractivity contribution is -0.137. The molecule has 0 saturated heterocycles. The third-order valence-electron chi connectivity index (χ3n) is 16.1. The van der Waals surface area contributed by atoms with Gasteiger partial charge in [0.1, 0.15) is 11.2 Å². The van der Waals surface area contributed by atoms with Gasteiger partial charge in [-0.2, -0.15) is 0 Å². The fourth-order valence-corrected chi connectivity index (χ4v) is 10.8. The minimum atomic E-state index is -0.471. The molecule has 0 bridgehead atoms. The standard InChI is InChI=1S/C50H99N3O5.C21H35N3O4/c1-12-15-22-30-43(4)31-29-32-44(5)36-37-46(54)51-38-26-19-17-23-33-45(35-25-21-28-41-52(39-14-3)47(55)57-49(6,7)8)34-24-18-20-27-42-53(40-16-13-2)48(56)58-50(9,10)11;1-16(2)6-4-7-17(3)9-10-19(26)23-14-13-22-18(25)8-5-15-24-20(27)11-12-21(24)28/h43-45H,12-42H2,1-11H3,(H,51,54);11-12,16-17H,4-10,13-15H2,1-3H3,(H,22,25)(H,23,26). The summed E-state index contributed by atoms with van der Waals surface area (Å²) in [7, 11) is 0. The van der Waals surface area contributed by atoms with Crippen molar-refractivity contribution in [2.45, 2.75) is 320 Å². The summed E-state index contributed by atoms with van der Waals surface area (Å²) >= 11 is 0. The Morgan fingerprint density at radius 3 is 1.27 bits per heavy atom. The topological polar surface area (TPSA) is 184 Å². The first-order valence-corrected chi connectivity index (χ1v) is 35.1. The molecule has 1 aliphatic rings. The summed E-state index contributed by atoms with van der Waals surface area (Å²) in [4.78, 5) is 89.3. The molecule has 15 heteroatoms. The first kappa shape index (κ1) is 81.8. The molecule has 15 nitrogen and oxygen atoms in total. The van der Waals surface area contributed by atoms with Crippen LogP contribution in [0.2, 0.25) is 0 Å². The second-order valence-electron chi connectivity index (χ2n) is 27.9. The number of carbonyl (C=O) groups excluding carboxylic acids is 7. The number of hydrogen-bond acceptors (Lipinski definition) is 9. The first-order valence-electron chi connectivity index (χ1n) is 35.1. The molecule has 3 N–H and O–H groups in total. The van der Waals surface area contributed by atoms with Gasteiger partial charge in [0.15, 0.2) is 0 Å². The quantitative estimate of drug-likeness (QED) is 0.0394. The zero-order valence-corrected chi connectivity index (χ0v) is 58.0. The Morgan fingerprint density at radius 2 is 0.802 bits per heavy atom. The zero-order chi connectivity index (χ0) is 64.6. The van der Waals surface area contributed by atoms with E-state index in [0.29, 0.717) is 44.2 Å². The number of rotatable bonds is 50. The molecule has 4 unspecified atom stereocenters. The number of amides is 7. The van der Waals surface area contributed by atoms with E-state index in [1.807, 2.05) is 51.3 Å². The Morgan fingerprint density at radius 1 is 0.419 bits per heavy atom.